The first-order valence-corrected chi connectivity index (χ1v) is 7.24. The number of nitrogens with one attached hydrogen (secondary N) is 1. The molecule has 2 aromatic carbocycles. The molecule has 2 rings (SSSR count). The molecule has 4 heteroatoms. The van der Waals surface area contributed by atoms with E-state index in [0.29, 0.717) is 0 Å². The minimum absolute atomic E-state index is 0.0120. The summed E-state index contributed by atoms with van der Waals surface area (Å²) >= 11 is 5.71. The second-order valence-electron chi connectivity index (χ2n) is 5.06. The largest absolute Gasteiger partial charge is 0.497 e. The minimum Gasteiger partial charge on any atom is -0.497 e. The molecule has 2 nitrogen and oxygen atoms in total. The summed E-state index contributed by atoms with van der Waals surface area (Å²) in [6.07, 6.45) is 0. The van der Waals surface area contributed by atoms with Crippen molar-refractivity contribution in [3.63, 3.8) is 0 Å². The molecule has 2 aromatic rings. The Kier molecular flexibility index (Phi) is 5.21. The molecule has 1 N–H and O–H groups in total. The van der Waals surface area contributed by atoms with Crippen molar-refractivity contribution in [1.29, 1.82) is 0 Å². The summed E-state index contributed by atoms with van der Waals surface area (Å²) in [6.45, 7) is 4.07. The maximum absolute atomic E-state index is 13.5. The van der Waals surface area contributed by atoms with E-state index >= 15 is 0 Å². The van der Waals surface area contributed by atoms with Crippen LogP contribution in [0.25, 0.3) is 0 Å². The number of halogens is 2. The van der Waals surface area contributed by atoms with E-state index in [1.807, 2.05) is 37.3 Å². The molecular weight excluding hydrogens is 289 g/mol. The zero-order valence-electron chi connectivity index (χ0n) is 12.4. The molecular formula is C17H19ClFNO. The highest BCUT2D eigenvalue weighted by Gasteiger charge is 2.13. The first-order chi connectivity index (χ1) is 10.0. The molecule has 2 atom stereocenters. The van der Waals surface area contributed by atoms with Crippen LogP contribution in [0, 0.1) is 5.82 Å². The summed E-state index contributed by atoms with van der Waals surface area (Å²) in [7, 11) is 1.65. The van der Waals surface area contributed by atoms with Crippen LogP contribution in [0.15, 0.2) is 42.5 Å². The monoisotopic (exact) mass is 307 g/mol. The van der Waals surface area contributed by atoms with Crippen LogP contribution in [0.2, 0.25) is 5.02 Å². The molecule has 0 heterocycles. The fourth-order valence-electron chi connectivity index (χ4n) is 2.26. The Labute approximate surface area is 129 Å². The highest BCUT2D eigenvalue weighted by Crippen LogP contribution is 2.24. The van der Waals surface area contributed by atoms with Crippen molar-refractivity contribution in [3.8, 4) is 5.75 Å². The Balaban J connectivity index is 2.10. The molecule has 0 aliphatic rings. The van der Waals surface area contributed by atoms with E-state index in [1.165, 1.54) is 6.07 Å². The summed E-state index contributed by atoms with van der Waals surface area (Å²) in [5.74, 6) is 0.434. The lowest BCUT2D eigenvalue weighted by atomic mass is 10.0. The van der Waals surface area contributed by atoms with Crippen LogP contribution >= 0.6 is 11.6 Å². The van der Waals surface area contributed by atoms with Gasteiger partial charge in [0.15, 0.2) is 0 Å². The Morgan fingerprint density at radius 3 is 2.33 bits per heavy atom. The first kappa shape index (κ1) is 15.8. The normalized spacial score (nSPS) is 13.8. The van der Waals surface area contributed by atoms with Gasteiger partial charge in [0.1, 0.15) is 11.6 Å². The van der Waals surface area contributed by atoms with E-state index in [0.717, 1.165) is 16.9 Å². The van der Waals surface area contributed by atoms with E-state index < -0.39 is 5.82 Å². The van der Waals surface area contributed by atoms with Gasteiger partial charge < -0.3 is 10.1 Å². The average Bonchev–Trinajstić information content (AvgIpc) is 2.49. The summed E-state index contributed by atoms with van der Waals surface area (Å²) < 4.78 is 18.8. The molecule has 0 radical (unpaired) electrons. The van der Waals surface area contributed by atoms with Crippen LogP contribution in [-0.2, 0) is 0 Å². The number of hydrogen-bond acceptors (Lipinski definition) is 2. The molecule has 0 fully saturated rings. The van der Waals surface area contributed by atoms with Crippen LogP contribution < -0.4 is 10.1 Å². The lowest BCUT2D eigenvalue weighted by Crippen LogP contribution is -2.22. The molecule has 112 valence electrons. The Bertz CT molecular complexity index is 617. The summed E-state index contributed by atoms with van der Waals surface area (Å²) in [5.41, 5.74) is 1.99. The van der Waals surface area contributed by atoms with E-state index in [2.05, 4.69) is 12.2 Å². The third-order valence-electron chi connectivity index (χ3n) is 3.54. The van der Waals surface area contributed by atoms with Crippen molar-refractivity contribution in [2.75, 3.05) is 7.11 Å². The van der Waals surface area contributed by atoms with Crippen LogP contribution in [0.1, 0.15) is 37.1 Å². The van der Waals surface area contributed by atoms with Gasteiger partial charge in [-0.3, -0.25) is 0 Å². The minimum atomic E-state index is -0.392. The Morgan fingerprint density at radius 2 is 1.71 bits per heavy atom. The smallest absolute Gasteiger partial charge is 0.142 e. The molecule has 0 aromatic heterocycles. The number of hydrogen-bond donors (Lipinski definition) is 1. The van der Waals surface area contributed by atoms with Crippen molar-refractivity contribution in [2.24, 2.45) is 0 Å². The van der Waals surface area contributed by atoms with Crippen LogP contribution in [0.5, 0.6) is 5.75 Å². The first-order valence-electron chi connectivity index (χ1n) is 6.86. The summed E-state index contributed by atoms with van der Waals surface area (Å²) in [6, 6.07) is 12.9. The highest BCUT2D eigenvalue weighted by molar-refractivity contribution is 6.30. The van der Waals surface area contributed by atoms with Crippen molar-refractivity contribution < 1.29 is 9.13 Å². The molecule has 0 saturated carbocycles. The van der Waals surface area contributed by atoms with Gasteiger partial charge in [-0.15, -0.1) is 0 Å². The lowest BCUT2D eigenvalue weighted by Gasteiger charge is -2.21. The van der Waals surface area contributed by atoms with Gasteiger partial charge in [0.2, 0.25) is 0 Å². The third kappa shape index (κ3) is 3.96. The number of rotatable bonds is 5. The van der Waals surface area contributed by atoms with Crippen molar-refractivity contribution >= 4 is 11.6 Å². The van der Waals surface area contributed by atoms with Gasteiger partial charge in [0, 0.05) is 12.1 Å². The molecule has 0 spiro atoms. The van der Waals surface area contributed by atoms with Crippen LogP contribution in [-0.4, -0.2) is 7.11 Å². The molecule has 2 unspecified atom stereocenters. The van der Waals surface area contributed by atoms with Gasteiger partial charge in [-0.1, -0.05) is 29.8 Å². The van der Waals surface area contributed by atoms with E-state index in [1.54, 1.807) is 13.2 Å². The zero-order chi connectivity index (χ0) is 15.4. The molecule has 0 bridgehead atoms. The standard InChI is InChI=1S/C17H19ClFNO/c1-11(13-5-4-6-15(9-13)21-3)20-12(2)14-7-8-16(18)17(19)10-14/h4-12,20H,1-3H3. The number of benzene rings is 2. The molecule has 0 amide bonds. The molecule has 0 aliphatic carbocycles. The quantitative estimate of drug-likeness (QED) is 0.848. The van der Waals surface area contributed by atoms with E-state index in [-0.39, 0.29) is 17.1 Å². The Hall–Kier alpha value is -1.58. The number of ether oxygens (including phenoxy) is 1. The summed E-state index contributed by atoms with van der Waals surface area (Å²) in [5, 5.41) is 3.59. The second kappa shape index (κ2) is 6.92. The van der Waals surface area contributed by atoms with Gasteiger partial charge >= 0.3 is 0 Å². The van der Waals surface area contributed by atoms with Gasteiger partial charge in [-0.25, -0.2) is 4.39 Å². The van der Waals surface area contributed by atoms with Crippen molar-refractivity contribution in [3.05, 3.63) is 64.4 Å². The summed E-state index contributed by atoms with van der Waals surface area (Å²) in [4.78, 5) is 0. The topological polar surface area (TPSA) is 21.3 Å². The van der Waals surface area contributed by atoms with Gasteiger partial charge in [-0.05, 0) is 49.2 Å². The maximum atomic E-state index is 13.5. The number of methoxy groups -OCH3 is 1. The third-order valence-corrected chi connectivity index (χ3v) is 3.84. The average molecular weight is 308 g/mol. The maximum Gasteiger partial charge on any atom is 0.142 e. The van der Waals surface area contributed by atoms with Gasteiger partial charge in [0.05, 0.1) is 12.1 Å². The molecule has 21 heavy (non-hydrogen) atoms. The second-order valence-corrected chi connectivity index (χ2v) is 5.47. The molecule has 0 saturated heterocycles. The van der Waals surface area contributed by atoms with Crippen molar-refractivity contribution in [1.82, 2.24) is 5.32 Å². The highest BCUT2D eigenvalue weighted by atomic mass is 35.5. The lowest BCUT2D eigenvalue weighted by molar-refractivity contribution is 0.412. The predicted octanol–water partition coefficient (Wildman–Crippen LogP) is 4.90. The SMILES string of the molecule is COc1cccc(C(C)NC(C)c2ccc(Cl)c(F)c2)c1. The van der Waals surface area contributed by atoms with Crippen molar-refractivity contribution in [2.45, 2.75) is 25.9 Å². The predicted molar refractivity (Wildman–Crippen MR) is 84.4 cm³/mol. The van der Waals surface area contributed by atoms with Gasteiger partial charge in [-0.2, -0.15) is 0 Å². The molecule has 0 aliphatic heterocycles. The van der Waals surface area contributed by atoms with E-state index in [9.17, 15) is 4.39 Å². The van der Waals surface area contributed by atoms with Gasteiger partial charge in [0.25, 0.3) is 0 Å². The van der Waals surface area contributed by atoms with Crippen LogP contribution in [0.4, 0.5) is 4.39 Å². The zero-order valence-corrected chi connectivity index (χ0v) is 13.1. The van der Waals surface area contributed by atoms with E-state index in [4.69, 9.17) is 16.3 Å². The fourth-order valence-corrected chi connectivity index (χ4v) is 2.38. The fraction of sp³-hybridized carbons (Fsp3) is 0.294. The van der Waals surface area contributed by atoms with Crippen LogP contribution in [0.3, 0.4) is 0 Å². The Morgan fingerprint density at radius 1 is 1.05 bits per heavy atom.